The van der Waals surface area contributed by atoms with Crippen molar-refractivity contribution >= 4 is 11.7 Å². The first-order valence-corrected chi connectivity index (χ1v) is 7.64. The Kier molecular flexibility index (Phi) is 3.70. The molecule has 0 amide bonds. The van der Waals surface area contributed by atoms with E-state index >= 15 is 0 Å². The zero-order valence-corrected chi connectivity index (χ0v) is 12.3. The molecule has 1 aliphatic carbocycles. The number of halogens is 1. The van der Waals surface area contributed by atoms with Crippen LogP contribution in [0.5, 0.6) is 0 Å². The summed E-state index contributed by atoms with van der Waals surface area (Å²) >= 11 is 0. The minimum absolute atomic E-state index is 0.431. The molecule has 0 unspecified atom stereocenters. The molecule has 1 saturated carbocycles. The molecular formula is C17H20FNO2. The van der Waals surface area contributed by atoms with E-state index in [1.165, 1.54) is 0 Å². The number of nitrogens with zero attached hydrogens (tertiary/aromatic N) is 1. The highest BCUT2D eigenvalue weighted by Crippen LogP contribution is 2.46. The average molecular weight is 289 g/mol. The topological polar surface area (TPSA) is 29.5 Å². The molecule has 1 fully saturated rings. The van der Waals surface area contributed by atoms with Crippen LogP contribution in [0.3, 0.4) is 0 Å². The van der Waals surface area contributed by atoms with Gasteiger partial charge in [0.2, 0.25) is 5.83 Å². The summed E-state index contributed by atoms with van der Waals surface area (Å²) in [6, 6.07) is 9.63. The lowest BCUT2D eigenvalue weighted by Gasteiger charge is -2.39. The van der Waals surface area contributed by atoms with E-state index in [9.17, 15) is 9.18 Å². The summed E-state index contributed by atoms with van der Waals surface area (Å²) in [5.41, 5.74) is 0.569. The summed E-state index contributed by atoms with van der Waals surface area (Å²) in [7, 11) is 0. The monoisotopic (exact) mass is 289 g/mol. The second-order valence-corrected chi connectivity index (χ2v) is 5.69. The Bertz CT molecular complexity index is 561. The second kappa shape index (κ2) is 5.51. The first-order chi connectivity index (χ1) is 10.2. The van der Waals surface area contributed by atoms with Crippen molar-refractivity contribution in [1.82, 2.24) is 0 Å². The lowest BCUT2D eigenvalue weighted by atomic mass is 9.82. The van der Waals surface area contributed by atoms with E-state index in [-0.39, 0.29) is 0 Å². The van der Waals surface area contributed by atoms with Gasteiger partial charge in [-0.1, -0.05) is 24.6 Å². The first kappa shape index (κ1) is 14.1. The van der Waals surface area contributed by atoms with Crippen LogP contribution in [0.2, 0.25) is 0 Å². The maximum atomic E-state index is 14.5. The summed E-state index contributed by atoms with van der Waals surface area (Å²) in [6.45, 7) is 2.57. The number of hydrogen-bond donors (Lipinski definition) is 0. The van der Waals surface area contributed by atoms with Gasteiger partial charge in [-0.2, -0.15) is 4.39 Å². The molecule has 1 spiro atoms. The molecule has 1 heterocycles. The van der Waals surface area contributed by atoms with Crippen LogP contribution >= 0.6 is 0 Å². The highest BCUT2D eigenvalue weighted by molar-refractivity contribution is 5.92. The molecule has 3 rings (SSSR count). The molecule has 1 aromatic rings. The zero-order valence-electron chi connectivity index (χ0n) is 12.3. The molecule has 0 atom stereocenters. The molecule has 112 valence electrons. The quantitative estimate of drug-likeness (QED) is 0.789. The number of ether oxygens (including phenoxy) is 1. The maximum absolute atomic E-state index is 14.5. The zero-order chi connectivity index (χ0) is 14.9. The van der Waals surface area contributed by atoms with Gasteiger partial charge in [-0.3, -0.25) is 0 Å². The van der Waals surface area contributed by atoms with Gasteiger partial charge in [-0.25, -0.2) is 4.79 Å². The van der Waals surface area contributed by atoms with Gasteiger partial charge in [0.25, 0.3) is 0 Å². The fraction of sp³-hybridized carbons (Fsp3) is 0.471. The number of likely N-dealkylation sites (N-methyl/N-ethyl adjacent to an activating group) is 1. The van der Waals surface area contributed by atoms with Gasteiger partial charge < -0.3 is 9.64 Å². The Balaban J connectivity index is 2.05. The summed E-state index contributed by atoms with van der Waals surface area (Å²) in [5.74, 6) is -1.52. The van der Waals surface area contributed by atoms with Crippen molar-refractivity contribution in [2.75, 3.05) is 11.4 Å². The van der Waals surface area contributed by atoms with Crippen LogP contribution in [0.25, 0.3) is 0 Å². The number of esters is 1. The minimum atomic E-state index is -0.804. The van der Waals surface area contributed by atoms with Crippen molar-refractivity contribution in [1.29, 1.82) is 0 Å². The predicted molar refractivity (Wildman–Crippen MR) is 79.5 cm³/mol. The van der Waals surface area contributed by atoms with E-state index < -0.39 is 17.4 Å². The molecule has 0 saturated heterocycles. The maximum Gasteiger partial charge on any atom is 0.370 e. The molecule has 0 N–H and O–H groups in total. The number of carbonyl (C=O) groups excluding carboxylic acids is 1. The number of para-hydroxylation sites is 1. The lowest BCUT2D eigenvalue weighted by molar-refractivity contribution is -0.150. The summed E-state index contributed by atoms with van der Waals surface area (Å²) in [5, 5.41) is 0. The molecule has 21 heavy (non-hydrogen) atoms. The predicted octanol–water partition coefficient (Wildman–Crippen LogP) is 3.95. The van der Waals surface area contributed by atoms with Gasteiger partial charge >= 0.3 is 5.97 Å². The van der Waals surface area contributed by atoms with E-state index in [0.29, 0.717) is 25.1 Å². The van der Waals surface area contributed by atoms with E-state index in [4.69, 9.17) is 4.74 Å². The van der Waals surface area contributed by atoms with Gasteiger partial charge in [0.05, 0.1) is 0 Å². The third-order valence-corrected chi connectivity index (χ3v) is 4.42. The van der Waals surface area contributed by atoms with Crippen LogP contribution in [0.15, 0.2) is 41.9 Å². The molecule has 1 aliphatic heterocycles. The van der Waals surface area contributed by atoms with Gasteiger partial charge in [-0.15, -0.1) is 0 Å². The average Bonchev–Trinajstić information content (AvgIpc) is 2.74. The number of rotatable bonds is 3. The number of carbonyl (C=O) groups is 1. The van der Waals surface area contributed by atoms with Crippen molar-refractivity contribution in [3.05, 3.63) is 41.9 Å². The Morgan fingerprint density at radius 1 is 1.19 bits per heavy atom. The first-order valence-electron chi connectivity index (χ1n) is 7.64. The highest BCUT2D eigenvalue weighted by atomic mass is 19.1. The van der Waals surface area contributed by atoms with Crippen LogP contribution in [-0.2, 0) is 9.53 Å². The minimum Gasteiger partial charge on any atom is -0.447 e. The van der Waals surface area contributed by atoms with Crippen LogP contribution in [0.4, 0.5) is 10.1 Å². The van der Waals surface area contributed by atoms with Crippen LogP contribution < -0.4 is 4.90 Å². The molecular weight excluding hydrogens is 269 g/mol. The van der Waals surface area contributed by atoms with Crippen molar-refractivity contribution in [2.24, 2.45) is 0 Å². The van der Waals surface area contributed by atoms with E-state index in [1.807, 2.05) is 42.2 Å². The molecule has 0 aromatic heterocycles. The lowest BCUT2D eigenvalue weighted by Crippen LogP contribution is -2.42. The molecule has 1 aromatic carbocycles. The SMILES string of the molecule is CCN(C1=C(F)C(=O)OC12CCCCC2)c1ccccc1. The van der Waals surface area contributed by atoms with Crippen LogP contribution in [-0.4, -0.2) is 18.1 Å². The molecule has 3 nitrogen and oxygen atoms in total. The van der Waals surface area contributed by atoms with Crippen LogP contribution in [0.1, 0.15) is 39.0 Å². The van der Waals surface area contributed by atoms with E-state index in [1.54, 1.807) is 0 Å². The standard InChI is InChI=1S/C17H20FNO2/c1-2-19(13-9-5-3-6-10-13)15-14(18)16(20)21-17(15)11-7-4-8-12-17/h3,5-6,9-10H,2,4,7-8,11-12H2,1H3. The van der Waals surface area contributed by atoms with E-state index in [0.717, 1.165) is 24.9 Å². The van der Waals surface area contributed by atoms with Gasteiger partial charge in [0, 0.05) is 12.2 Å². The van der Waals surface area contributed by atoms with Crippen molar-refractivity contribution in [2.45, 2.75) is 44.6 Å². The van der Waals surface area contributed by atoms with Gasteiger partial charge in [0.1, 0.15) is 5.70 Å². The number of benzene rings is 1. The normalized spacial score (nSPS) is 20.8. The fourth-order valence-electron chi connectivity index (χ4n) is 3.47. The molecule has 2 aliphatic rings. The van der Waals surface area contributed by atoms with Crippen molar-refractivity contribution in [3.63, 3.8) is 0 Å². The largest absolute Gasteiger partial charge is 0.447 e. The van der Waals surface area contributed by atoms with E-state index in [2.05, 4.69) is 0 Å². The fourth-order valence-corrected chi connectivity index (χ4v) is 3.47. The summed E-state index contributed by atoms with van der Waals surface area (Å²) < 4.78 is 20.0. The molecule has 4 heteroatoms. The van der Waals surface area contributed by atoms with Crippen molar-refractivity contribution < 1.29 is 13.9 Å². The number of anilines is 1. The third kappa shape index (κ3) is 2.33. The Hall–Kier alpha value is -1.84. The highest BCUT2D eigenvalue weighted by Gasteiger charge is 2.51. The number of hydrogen-bond acceptors (Lipinski definition) is 3. The Morgan fingerprint density at radius 2 is 1.86 bits per heavy atom. The Labute approximate surface area is 124 Å². The Morgan fingerprint density at radius 3 is 2.48 bits per heavy atom. The van der Waals surface area contributed by atoms with Crippen molar-refractivity contribution in [3.8, 4) is 0 Å². The third-order valence-electron chi connectivity index (χ3n) is 4.42. The van der Waals surface area contributed by atoms with Gasteiger partial charge in [-0.05, 0) is 44.7 Å². The van der Waals surface area contributed by atoms with Gasteiger partial charge in [0.15, 0.2) is 5.60 Å². The summed E-state index contributed by atoms with van der Waals surface area (Å²) in [4.78, 5) is 13.7. The van der Waals surface area contributed by atoms with Crippen LogP contribution in [0, 0.1) is 0 Å². The second-order valence-electron chi connectivity index (χ2n) is 5.69. The molecule has 0 bridgehead atoms. The summed E-state index contributed by atoms with van der Waals surface area (Å²) in [6.07, 6.45) is 4.48. The smallest absolute Gasteiger partial charge is 0.370 e. The molecule has 0 radical (unpaired) electrons.